The second kappa shape index (κ2) is 4.63. The van der Waals surface area contributed by atoms with Crippen LogP contribution in [0.2, 0.25) is 0 Å². The highest BCUT2D eigenvalue weighted by Gasteiger charge is 2.41. The predicted molar refractivity (Wildman–Crippen MR) is 70.6 cm³/mol. The molecular weight excluding hydrogens is 226 g/mol. The lowest BCUT2D eigenvalue weighted by atomic mass is 10.1. The molecule has 0 heterocycles. The molecule has 0 spiro atoms. The number of benzene rings is 1. The quantitative estimate of drug-likeness (QED) is 0.810. The Morgan fingerprint density at radius 2 is 1.83 bits per heavy atom. The molecule has 96 valence electrons. The van der Waals surface area contributed by atoms with Crippen molar-refractivity contribution in [3.63, 3.8) is 0 Å². The third-order valence-corrected chi connectivity index (χ3v) is 3.91. The Labute approximate surface area is 108 Å². The molecule has 0 aromatic heterocycles. The van der Waals surface area contributed by atoms with E-state index in [0.717, 1.165) is 17.5 Å². The van der Waals surface area contributed by atoms with Crippen molar-refractivity contribution < 1.29 is 9.53 Å². The van der Waals surface area contributed by atoms with Gasteiger partial charge in [0.25, 0.3) is 0 Å². The number of methoxy groups -OCH3 is 1. The number of hydrogen-bond donors (Lipinski definition) is 1. The van der Waals surface area contributed by atoms with E-state index in [2.05, 4.69) is 5.32 Å². The van der Waals surface area contributed by atoms with Crippen LogP contribution in [0.4, 0.5) is 5.69 Å². The van der Waals surface area contributed by atoms with Crippen LogP contribution >= 0.6 is 0 Å². The van der Waals surface area contributed by atoms with E-state index in [1.807, 2.05) is 24.3 Å². The van der Waals surface area contributed by atoms with Crippen molar-refractivity contribution in [1.82, 2.24) is 0 Å². The molecular formula is C15H19NO2. The summed E-state index contributed by atoms with van der Waals surface area (Å²) in [6.07, 6.45) is 5.31. The first kappa shape index (κ1) is 11.6. The van der Waals surface area contributed by atoms with E-state index in [0.29, 0.717) is 11.6 Å². The molecule has 3 heteroatoms. The first-order valence-electron chi connectivity index (χ1n) is 6.73. The lowest BCUT2D eigenvalue weighted by molar-refractivity contribution is 0.0601. The summed E-state index contributed by atoms with van der Waals surface area (Å²) in [7, 11) is 1.43. The van der Waals surface area contributed by atoms with Crippen LogP contribution in [-0.2, 0) is 4.74 Å². The molecule has 0 atom stereocenters. The molecule has 0 radical (unpaired) electrons. The normalized spacial score (nSPS) is 18.8. The summed E-state index contributed by atoms with van der Waals surface area (Å²) in [5.74, 6) is 1.36. The Morgan fingerprint density at radius 3 is 2.39 bits per heavy atom. The summed E-state index contributed by atoms with van der Waals surface area (Å²) < 4.78 is 4.83. The average Bonchev–Trinajstić information content (AvgIpc) is 3.29. The maximum atomic E-state index is 11.7. The van der Waals surface area contributed by atoms with Crippen LogP contribution in [0.3, 0.4) is 0 Å². The van der Waals surface area contributed by atoms with E-state index in [1.54, 1.807) is 0 Å². The maximum absolute atomic E-state index is 11.7. The van der Waals surface area contributed by atoms with Crippen LogP contribution in [0.15, 0.2) is 24.3 Å². The monoisotopic (exact) mass is 245 g/mol. The van der Waals surface area contributed by atoms with Crippen LogP contribution in [0.1, 0.15) is 36.0 Å². The minimum Gasteiger partial charge on any atom is -0.465 e. The van der Waals surface area contributed by atoms with Crippen LogP contribution in [0.25, 0.3) is 0 Å². The fraction of sp³-hybridized carbons (Fsp3) is 0.533. The fourth-order valence-electron chi connectivity index (χ4n) is 2.61. The van der Waals surface area contributed by atoms with Gasteiger partial charge in [0, 0.05) is 11.7 Å². The van der Waals surface area contributed by atoms with Gasteiger partial charge < -0.3 is 10.1 Å². The average molecular weight is 245 g/mol. The van der Waals surface area contributed by atoms with E-state index in [4.69, 9.17) is 4.74 Å². The zero-order valence-electron chi connectivity index (χ0n) is 10.7. The van der Waals surface area contributed by atoms with Gasteiger partial charge in [-0.1, -0.05) is 12.1 Å². The van der Waals surface area contributed by atoms with E-state index < -0.39 is 0 Å². The van der Waals surface area contributed by atoms with E-state index in [-0.39, 0.29) is 5.97 Å². The van der Waals surface area contributed by atoms with Gasteiger partial charge in [-0.3, -0.25) is 0 Å². The SMILES string of the molecule is COC(=O)c1ccccc1NC(C1CC1)C1CC1. The summed E-state index contributed by atoms with van der Waals surface area (Å²) in [5, 5.41) is 3.59. The van der Waals surface area contributed by atoms with Gasteiger partial charge in [-0.25, -0.2) is 4.79 Å². The van der Waals surface area contributed by atoms with Gasteiger partial charge in [-0.05, 0) is 49.7 Å². The number of anilines is 1. The summed E-state index contributed by atoms with van der Waals surface area (Å²) in [5.41, 5.74) is 1.57. The van der Waals surface area contributed by atoms with E-state index >= 15 is 0 Å². The third-order valence-electron chi connectivity index (χ3n) is 3.91. The van der Waals surface area contributed by atoms with Gasteiger partial charge in [-0.15, -0.1) is 0 Å². The number of carbonyl (C=O) groups excluding carboxylic acids is 1. The van der Waals surface area contributed by atoms with Crippen LogP contribution < -0.4 is 5.32 Å². The fourth-order valence-corrected chi connectivity index (χ4v) is 2.61. The molecule has 0 bridgehead atoms. The standard InChI is InChI=1S/C15H19NO2/c1-18-15(17)12-4-2-3-5-13(12)16-14(10-6-7-10)11-8-9-11/h2-5,10-11,14,16H,6-9H2,1H3. The molecule has 3 nitrogen and oxygen atoms in total. The first-order valence-corrected chi connectivity index (χ1v) is 6.73. The minimum absolute atomic E-state index is 0.261. The zero-order chi connectivity index (χ0) is 12.5. The van der Waals surface area contributed by atoms with Crippen molar-refractivity contribution >= 4 is 11.7 Å². The summed E-state index contributed by atoms with van der Waals surface area (Å²) in [4.78, 5) is 11.7. The molecule has 0 amide bonds. The molecule has 2 saturated carbocycles. The van der Waals surface area contributed by atoms with Crippen molar-refractivity contribution in [2.75, 3.05) is 12.4 Å². The first-order chi connectivity index (χ1) is 8.79. The van der Waals surface area contributed by atoms with Gasteiger partial charge >= 0.3 is 5.97 Å². The molecule has 0 aliphatic heterocycles. The summed E-state index contributed by atoms with van der Waals surface area (Å²) >= 11 is 0. The lowest BCUT2D eigenvalue weighted by Gasteiger charge is -2.20. The molecule has 2 fully saturated rings. The highest BCUT2D eigenvalue weighted by atomic mass is 16.5. The maximum Gasteiger partial charge on any atom is 0.339 e. The second-order valence-corrected chi connectivity index (χ2v) is 5.38. The van der Waals surface area contributed by atoms with Gasteiger partial charge in [0.2, 0.25) is 0 Å². The van der Waals surface area contributed by atoms with Gasteiger partial charge in [0.05, 0.1) is 12.7 Å². The molecule has 18 heavy (non-hydrogen) atoms. The summed E-state index contributed by atoms with van der Waals surface area (Å²) in [6, 6.07) is 8.19. The largest absolute Gasteiger partial charge is 0.465 e. The smallest absolute Gasteiger partial charge is 0.339 e. The number of nitrogens with one attached hydrogen (secondary N) is 1. The van der Waals surface area contributed by atoms with Crippen molar-refractivity contribution in [2.45, 2.75) is 31.7 Å². The van der Waals surface area contributed by atoms with Crippen molar-refractivity contribution in [3.05, 3.63) is 29.8 Å². The molecule has 0 saturated heterocycles. The van der Waals surface area contributed by atoms with Gasteiger partial charge in [0.1, 0.15) is 0 Å². The number of esters is 1. The molecule has 1 aromatic rings. The number of carbonyl (C=O) groups is 1. The van der Waals surface area contributed by atoms with Crippen molar-refractivity contribution in [1.29, 1.82) is 0 Å². The highest BCUT2D eigenvalue weighted by molar-refractivity contribution is 5.95. The van der Waals surface area contributed by atoms with Crippen molar-refractivity contribution in [2.24, 2.45) is 11.8 Å². The minimum atomic E-state index is -0.261. The van der Waals surface area contributed by atoms with Gasteiger partial charge in [-0.2, -0.15) is 0 Å². The number of para-hydroxylation sites is 1. The van der Waals surface area contributed by atoms with Crippen LogP contribution in [-0.4, -0.2) is 19.1 Å². The molecule has 1 N–H and O–H groups in total. The summed E-state index contributed by atoms with van der Waals surface area (Å²) in [6.45, 7) is 0. The Bertz CT molecular complexity index is 438. The molecule has 2 aliphatic rings. The highest BCUT2D eigenvalue weighted by Crippen LogP contribution is 2.46. The lowest BCUT2D eigenvalue weighted by Crippen LogP contribution is -2.25. The molecule has 3 rings (SSSR count). The van der Waals surface area contributed by atoms with E-state index in [1.165, 1.54) is 32.8 Å². The van der Waals surface area contributed by atoms with Crippen LogP contribution in [0, 0.1) is 11.8 Å². The molecule has 1 aromatic carbocycles. The Balaban J connectivity index is 1.80. The molecule has 2 aliphatic carbocycles. The van der Waals surface area contributed by atoms with Gasteiger partial charge in [0.15, 0.2) is 0 Å². The van der Waals surface area contributed by atoms with Crippen LogP contribution in [0.5, 0.6) is 0 Å². The number of hydrogen-bond acceptors (Lipinski definition) is 3. The third kappa shape index (κ3) is 2.35. The Hall–Kier alpha value is -1.51. The second-order valence-electron chi connectivity index (χ2n) is 5.38. The predicted octanol–water partition coefficient (Wildman–Crippen LogP) is 3.07. The number of ether oxygens (including phenoxy) is 1. The Morgan fingerprint density at radius 1 is 1.22 bits per heavy atom. The topological polar surface area (TPSA) is 38.3 Å². The van der Waals surface area contributed by atoms with Crippen molar-refractivity contribution in [3.8, 4) is 0 Å². The number of rotatable bonds is 5. The molecule has 0 unspecified atom stereocenters. The Kier molecular flexibility index (Phi) is 2.98. The van der Waals surface area contributed by atoms with E-state index in [9.17, 15) is 4.79 Å². The zero-order valence-corrected chi connectivity index (χ0v) is 10.7.